The third kappa shape index (κ3) is 3.77. The minimum absolute atomic E-state index is 0.0312. The van der Waals surface area contributed by atoms with Gasteiger partial charge >= 0.3 is 11.9 Å². The number of hydrogen-bond acceptors (Lipinski definition) is 6. The van der Waals surface area contributed by atoms with E-state index in [4.69, 9.17) is 9.84 Å². The van der Waals surface area contributed by atoms with Gasteiger partial charge in [-0.3, -0.25) is 14.4 Å². The molecule has 0 fully saturated rings. The zero-order valence-corrected chi connectivity index (χ0v) is 16.5. The highest BCUT2D eigenvalue weighted by atomic mass is 16.5. The van der Waals surface area contributed by atoms with E-state index in [0.29, 0.717) is 5.56 Å². The second-order valence-corrected chi connectivity index (χ2v) is 6.93. The maximum atomic E-state index is 12.8. The average molecular weight is 429 g/mol. The smallest absolute Gasteiger partial charge is 0.338 e. The number of carbonyl (C=O) groups is 5. The summed E-state index contributed by atoms with van der Waals surface area (Å²) in [6.07, 6.45) is 0. The molecule has 0 bridgehead atoms. The van der Waals surface area contributed by atoms with Gasteiger partial charge in [-0.05, 0) is 36.4 Å². The van der Waals surface area contributed by atoms with E-state index >= 15 is 0 Å². The Morgan fingerprint density at radius 2 is 1.44 bits per heavy atom. The van der Waals surface area contributed by atoms with Gasteiger partial charge in [0, 0.05) is 5.56 Å². The van der Waals surface area contributed by atoms with Crippen LogP contribution in [0, 0.1) is 0 Å². The molecule has 2 amide bonds. The van der Waals surface area contributed by atoms with Crippen molar-refractivity contribution in [3.8, 4) is 0 Å². The molecule has 8 heteroatoms. The largest absolute Gasteiger partial charge is 0.478 e. The third-order valence-corrected chi connectivity index (χ3v) is 4.90. The van der Waals surface area contributed by atoms with E-state index in [2.05, 4.69) is 0 Å². The number of Topliss-reactive ketones (excluding diaryl/α,β-unsaturated/α-hetero) is 1. The molecule has 0 saturated carbocycles. The van der Waals surface area contributed by atoms with Crippen molar-refractivity contribution in [2.75, 3.05) is 11.5 Å². The SMILES string of the molecule is O=C(O)c1ccc2c(c1)C(=O)N(c1cccc(C(=O)OCC(=O)c3ccccc3)c1)C2=O. The summed E-state index contributed by atoms with van der Waals surface area (Å²) in [4.78, 5) is 62.1. The van der Waals surface area contributed by atoms with Crippen LogP contribution in [0.4, 0.5) is 5.69 Å². The van der Waals surface area contributed by atoms with Crippen molar-refractivity contribution in [1.29, 1.82) is 0 Å². The molecule has 8 nitrogen and oxygen atoms in total. The van der Waals surface area contributed by atoms with E-state index in [1.807, 2.05) is 0 Å². The second kappa shape index (κ2) is 8.27. The average Bonchev–Trinajstić information content (AvgIpc) is 3.07. The van der Waals surface area contributed by atoms with E-state index < -0.39 is 30.4 Å². The molecule has 1 aliphatic heterocycles. The third-order valence-electron chi connectivity index (χ3n) is 4.90. The highest BCUT2D eigenvalue weighted by Gasteiger charge is 2.37. The minimum Gasteiger partial charge on any atom is -0.478 e. The summed E-state index contributed by atoms with van der Waals surface area (Å²) in [5, 5.41) is 9.13. The number of nitrogens with zero attached hydrogens (tertiary/aromatic N) is 1. The lowest BCUT2D eigenvalue weighted by Crippen LogP contribution is -2.29. The van der Waals surface area contributed by atoms with Crippen molar-refractivity contribution in [3.63, 3.8) is 0 Å². The van der Waals surface area contributed by atoms with E-state index in [-0.39, 0.29) is 33.7 Å². The summed E-state index contributed by atoms with van der Waals surface area (Å²) in [6.45, 7) is -0.460. The lowest BCUT2D eigenvalue weighted by Gasteiger charge is -2.14. The van der Waals surface area contributed by atoms with Crippen LogP contribution in [0.1, 0.15) is 51.8 Å². The summed E-state index contributed by atoms with van der Waals surface area (Å²) in [5.74, 6) is -3.71. The number of rotatable bonds is 6. The first-order valence-corrected chi connectivity index (χ1v) is 9.48. The Morgan fingerprint density at radius 3 is 2.16 bits per heavy atom. The van der Waals surface area contributed by atoms with Crippen molar-refractivity contribution in [1.82, 2.24) is 0 Å². The first kappa shape index (κ1) is 20.7. The van der Waals surface area contributed by atoms with Crippen LogP contribution in [0.25, 0.3) is 0 Å². The Kier molecular flexibility index (Phi) is 5.34. The van der Waals surface area contributed by atoms with Gasteiger partial charge in [0.15, 0.2) is 12.4 Å². The zero-order valence-electron chi connectivity index (χ0n) is 16.5. The van der Waals surface area contributed by atoms with E-state index in [1.54, 1.807) is 30.3 Å². The molecule has 32 heavy (non-hydrogen) atoms. The fourth-order valence-corrected chi connectivity index (χ4v) is 3.30. The Hall–Kier alpha value is -4.59. The molecule has 0 spiro atoms. The molecule has 0 aliphatic carbocycles. The molecule has 0 radical (unpaired) electrons. The Morgan fingerprint density at radius 1 is 0.750 bits per heavy atom. The fourth-order valence-electron chi connectivity index (χ4n) is 3.30. The van der Waals surface area contributed by atoms with Gasteiger partial charge < -0.3 is 9.84 Å². The van der Waals surface area contributed by atoms with Crippen molar-refractivity contribution >= 4 is 35.2 Å². The molecule has 0 saturated heterocycles. The van der Waals surface area contributed by atoms with E-state index in [1.165, 1.54) is 36.4 Å². The van der Waals surface area contributed by atoms with Gasteiger partial charge in [-0.2, -0.15) is 0 Å². The summed E-state index contributed by atoms with van der Waals surface area (Å²) < 4.78 is 5.08. The maximum absolute atomic E-state index is 12.8. The van der Waals surface area contributed by atoms with Crippen LogP contribution < -0.4 is 4.90 Å². The monoisotopic (exact) mass is 429 g/mol. The van der Waals surface area contributed by atoms with Crippen LogP contribution in [0.2, 0.25) is 0 Å². The van der Waals surface area contributed by atoms with Gasteiger partial charge in [-0.25, -0.2) is 14.5 Å². The molecular weight excluding hydrogens is 414 g/mol. The van der Waals surface area contributed by atoms with Crippen LogP contribution >= 0.6 is 0 Å². The predicted molar refractivity (Wildman–Crippen MR) is 112 cm³/mol. The molecule has 1 N–H and O–H groups in total. The number of aromatic carboxylic acids is 1. The number of carbonyl (C=O) groups excluding carboxylic acids is 4. The Bertz CT molecular complexity index is 1280. The van der Waals surface area contributed by atoms with Gasteiger partial charge in [0.05, 0.1) is 27.9 Å². The molecular formula is C24H15NO7. The first-order valence-electron chi connectivity index (χ1n) is 9.48. The molecule has 0 unspecified atom stereocenters. The van der Waals surface area contributed by atoms with E-state index in [9.17, 15) is 24.0 Å². The zero-order chi connectivity index (χ0) is 22.8. The summed E-state index contributed by atoms with van der Waals surface area (Å²) in [7, 11) is 0. The standard InChI is InChI=1S/C24H15NO7/c26-20(14-5-2-1-3-6-14)13-32-24(31)16-7-4-8-17(11-16)25-21(27)18-10-9-15(23(29)30)12-19(18)22(25)28/h1-12H,13H2,(H,29,30). The van der Waals surface area contributed by atoms with Crippen molar-refractivity contribution < 1.29 is 33.8 Å². The number of ether oxygens (including phenoxy) is 1. The quantitative estimate of drug-likeness (QED) is 0.363. The van der Waals surface area contributed by atoms with Gasteiger partial charge in [0.2, 0.25) is 0 Å². The molecule has 1 aliphatic rings. The summed E-state index contributed by atoms with van der Waals surface area (Å²) >= 11 is 0. The number of benzene rings is 3. The molecule has 3 aromatic rings. The normalized spacial score (nSPS) is 12.4. The minimum atomic E-state index is -1.22. The lowest BCUT2D eigenvalue weighted by atomic mass is 10.1. The fraction of sp³-hybridized carbons (Fsp3) is 0.0417. The predicted octanol–water partition coefficient (Wildman–Crippen LogP) is 3.23. The van der Waals surface area contributed by atoms with Gasteiger partial charge in [-0.1, -0.05) is 36.4 Å². The maximum Gasteiger partial charge on any atom is 0.338 e. The second-order valence-electron chi connectivity index (χ2n) is 6.93. The van der Waals surface area contributed by atoms with Gasteiger partial charge in [0.25, 0.3) is 11.8 Å². The highest BCUT2D eigenvalue weighted by molar-refractivity contribution is 6.34. The molecule has 1 heterocycles. The molecule has 0 aromatic heterocycles. The summed E-state index contributed by atoms with van der Waals surface area (Å²) in [6, 6.07) is 17.7. The van der Waals surface area contributed by atoms with E-state index in [0.717, 1.165) is 11.0 Å². The van der Waals surface area contributed by atoms with Crippen LogP contribution in [0.3, 0.4) is 0 Å². The Labute approximate surface area is 181 Å². The first-order chi connectivity index (χ1) is 15.4. The van der Waals surface area contributed by atoms with Crippen LogP contribution in [-0.4, -0.2) is 41.2 Å². The molecule has 158 valence electrons. The number of fused-ring (bicyclic) bond motifs is 1. The number of hydrogen-bond donors (Lipinski definition) is 1. The van der Waals surface area contributed by atoms with Crippen molar-refractivity contribution in [3.05, 3.63) is 101 Å². The highest BCUT2D eigenvalue weighted by Crippen LogP contribution is 2.29. The number of amides is 2. The number of esters is 1. The number of anilines is 1. The lowest BCUT2D eigenvalue weighted by molar-refractivity contribution is 0.0474. The van der Waals surface area contributed by atoms with Crippen molar-refractivity contribution in [2.45, 2.75) is 0 Å². The number of imide groups is 1. The number of carboxylic acid groups (broad SMARTS) is 1. The molecule has 0 atom stereocenters. The van der Waals surface area contributed by atoms with Crippen LogP contribution in [0.15, 0.2) is 72.8 Å². The summed E-state index contributed by atoms with van der Waals surface area (Å²) in [5.41, 5.74) is 0.494. The van der Waals surface area contributed by atoms with Crippen molar-refractivity contribution in [2.24, 2.45) is 0 Å². The number of ketones is 1. The molecule has 3 aromatic carbocycles. The van der Waals surface area contributed by atoms with Gasteiger partial charge in [-0.15, -0.1) is 0 Å². The number of carboxylic acids is 1. The molecule has 4 rings (SSSR count). The Balaban J connectivity index is 1.53. The van der Waals surface area contributed by atoms with Gasteiger partial charge in [0.1, 0.15) is 0 Å². The van der Waals surface area contributed by atoms with Crippen LogP contribution in [-0.2, 0) is 4.74 Å². The topological polar surface area (TPSA) is 118 Å². The van der Waals surface area contributed by atoms with Crippen LogP contribution in [0.5, 0.6) is 0 Å².